The van der Waals surface area contributed by atoms with Crippen LogP contribution in [0.3, 0.4) is 0 Å². The Bertz CT molecular complexity index is 1380. The van der Waals surface area contributed by atoms with Crippen LogP contribution in [0.4, 0.5) is 18.9 Å². The number of aryl methyl sites for hydroxylation is 1. The van der Waals surface area contributed by atoms with Gasteiger partial charge in [0.05, 0.1) is 35.4 Å². The van der Waals surface area contributed by atoms with E-state index in [2.05, 4.69) is 9.53 Å². The SMILES string of the molecule is COC(=O)C(=[N+]=[N-])c1ccccc1N(Cc1ccc(C(F)(F)F)cc1)S(=O)(=O)c1ccc(C)cc1. The van der Waals surface area contributed by atoms with E-state index in [-0.39, 0.29) is 28.3 Å². The van der Waals surface area contributed by atoms with Crippen LogP contribution in [0.15, 0.2) is 77.7 Å². The average Bonchev–Trinajstić information content (AvgIpc) is 2.83. The topological polar surface area (TPSA) is 100 Å². The van der Waals surface area contributed by atoms with E-state index >= 15 is 0 Å². The van der Waals surface area contributed by atoms with Gasteiger partial charge in [-0.15, -0.1) is 0 Å². The molecule has 0 spiro atoms. The summed E-state index contributed by atoms with van der Waals surface area (Å²) in [5.74, 6) is -1.01. The molecule has 0 bridgehead atoms. The molecule has 0 N–H and O–H groups in total. The second-order valence-electron chi connectivity index (χ2n) is 7.48. The molecule has 0 aromatic heterocycles. The molecule has 35 heavy (non-hydrogen) atoms. The van der Waals surface area contributed by atoms with Crippen molar-refractivity contribution in [2.75, 3.05) is 11.4 Å². The summed E-state index contributed by atoms with van der Waals surface area (Å²) in [5.41, 5.74) is 9.01. The second-order valence-corrected chi connectivity index (χ2v) is 9.34. The van der Waals surface area contributed by atoms with Gasteiger partial charge in [0.2, 0.25) is 0 Å². The van der Waals surface area contributed by atoms with Crippen molar-refractivity contribution >= 4 is 27.4 Å². The Kier molecular flexibility index (Phi) is 7.42. The molecule has 0 atom stereocenters. The Morgan fingerprint density at radius 3 is 2.14 bits per heavy atom. The fourth-order valence-corrected chi connectivity index (χ4v) is 4.77. The van der Waals surface area contributed by atoms with Gasteiger partial charge in [-0.25, -0.2) is 13.2 Å². The van der Waals surface area contributed by atoms with Gasteiger partial charge >= 0.3 is 17.9 Å². The molecule has 0 aliphatic carbocycles. The summed E-state index contributed by atoms with van der Waals surface area (Å²) in [6.45, 7) is 1.41. The van der Waals surface area contributed by atoms with E-state index in [1.807, 2.05) is 0 Å². The summed E-state index contributed by atoms with van der Waals surface area (Å²) < 4.78 is 72.0. The van der Waals surface area contributed by atoms with E-state index in [1.165, 1.54) is 48.5 Å². The number of nitrogens with zero attached hydrogens (tertiary/aromatic N) is 3. The first-order valence-corrected chi connectivity index (χ1v) is 11.6. The zero-order valence-corrected chi connectivity index (χ0v) is 19.5. The highest BCUT2D eigenvalue weighted by Gasteiger charge is 2.34. The molecule has 0 radical (unpaired) electrons. The lowest BCUT2D eigenvalue weighted by Crippen LogP contribution is -2.33. The Balaban J connectivity index is 2.19. The third-order valence-electron chi connectivity index (χ3n) is 5.12. The maximum absolute atomic E-state index is 13.7. The number of benzene rings is 3. The number of ether oxygens (including phenoxy) is 1. The summed E-state index contributed by atoms with van der Waals surface area (Å²) in [5, 5.41) is 0. The molecule has 0 fully saturated rings. The lowest BCUT2D eigenvalue weighted by Gasteiger charge is -2.26. The highest BCUT2D eigenvalue weighted by molar-refractivity contribution is 7.92. The van der Waals surface area contributed by atoms with Gasteiger partial charge in [-0.05, 0) is 48.9 Å². The largest absolute Gasteiger partial charge is 0.460 e. The molecule has 0 aliphatic rings. The molecule has 182 valence electrons. The Morgan fingerprint density at radius 2 is 1.60 bits per heavy atom. The molecule has 0 aliphatic heterocycles. The van der Waals surface area contributed by atoms with E-state index in [0.717, 1.165) is 29.1 Å². The first-order valence-electron chi connectivity index (χ1n) is 10.1. The Labute approximate surface area is 200 Å². The van der Waals surface area contributed by atoms with E-state index in [9.17, 15) is 31.9 Å². The van der Waals surface area contributed by atoms with E-state index in [0.29, 0.717) is 0 Å². The monoisotopic (exact) mass is 503 g/mol. The first-order chi connectivity index (χ1) is 16.5. The summed E-state index contributed by atoms with van der Waals surface area (Å²) in [4.78, 5) is 15.1. The van der Waals surface area contributed by atoms with Crippen molar-refractivity contribution in [3.05, 3.63) is 101 Å². The van der Waals surface area contributed by atoms with Gasteiger partial charge in [0.25, 0.3) is 10.0 Å². The Hall–Kier alpha value is -3.95. The van der Waals surface area contributed by atoms with Crippen molar-refractivity contribution in [3.8, 4) is 0 Å². The van der Waals surface area contributed by atoms with Crippen LogP contribution in [0.5, 0.6) is 0 Å². The summed E-state index contributed by atoms with van der Waals surface area (Å²) in [6.07, 6.45) is -4.55. The van der Waals surface area contributed by atoms with Crippen LogP contribution in [0, 0.1) is 6.92 Å². The van der Waals surface area contributed by atoms with E-state index in [1.54, 1.807) is 19.1 Å². The quantitative estimate of drug-likeness (QED) is 0.204. The van der Waals surface area contributed by atoms with Crippen LogP contribution in [0.25, 0.3) is 5.53 Å². The van der Waals surface area contributed by atoms with Crippen LogP contribution in [-0.2, 0) is 32.3 Å². The van der Waals surface area contributed by atoms with Crippen molar-refractivity contribution in [2.24, 2.45) is 0 Å². The average molecular weight is 504 g/mol. The molecule has 11 heteroatoms. The minimum Gasteiger partial charge on any atom is -0.460 e. The maximum atomic E-state index is 13.7. The molecule has 0 unspecified atom stereocenters. The number of methoxy groups -OCH3 is 1. The van der Waals surface area contributed by atoms with E-state index < -0.39 is 33.4 Å². The number of para-hydroxylation sites is 1. The molecule has 0 amide bonds. The lowest BCUT2D eigenvalue weighted by molar-refractivity contribution is -0.138. The van der Waals surface area contributed by atoms with Crippen molar-refractivity contribution in [3.63, 3.8) is 0 Å². The number of sulfonamides is 1. The highest BCUT2D eigenvalue weighted by atomic mass is 32.2. The molecule has 3 aromatic carbocycles. The van der Waals surface area contributed by atoms with Gasteiger partial charge in [-0.2, -0.15) is 18.0 Å². The molecular weight excluding hydrogens is 483 g/mol. The summed E-state index contributed by atoms with van der Waals surface area (Å²) >= 11 is 0. The Morgan fingerprint density at radius 1 is 1.00 bits per heavy atom. The first kappa shape index (κ1) is 25.7. The predicted molar refractivity (Wildman–Crippen MR) is 122 cm³/mol. The van der Waals surface area contributed by atoms with Gasteiger partial charge in [0.1, 0.15) is 0 Å². The number of hydrogen-bond donors (Lipinski definition) is 0. The summed E-state index contributed by atoms with van der Waals surface area (Å²) in [6, 6.07) is 15.8. The van der Waals surface area contributed by atoms with Crippen LogP contribution in [0.1, 0.15) is 22.3 Å². The molecule has 3 rings (SSSR count). The predicted octanol–water partition coefficient (Wildman–Crippen LogP) is 4.60. The third-order valence-corrected chi connectivity index (χ3v) is 6.90. The summed E-state index contributed by atoms with van der Waals surface area (Å²) in [7, 11) is -3.21. The molecule has 0 heterocycles. The van der Waals surface area contributed by atoms with Crippen LogP contribution < -0.4 is 4.31 Å². The van der Waals surface area contributed by atoms with Crippen LogP contribution >= 0.6 is 0 Å². The minimum atomic E-state index is -4.55. The standard InChI is InChI=1S/C24H20F3N3O4S/c1-16-7-13-19(14-8-16)35(32,33)30(15-17-9-11-18(12-10-17)24(25,26)27)21-6-4-3-5-20(21)22(29-28)23(31)34-2/h3-14H,15H2,1-2H3. The number of esters is 1. The molecular formula is C24H20F3N3O4S. The number of halogens is 3. The number of carbonyl (C=O) groups is 1. The number of anilines is 1. The zero-order valence-electron chi connectivity index (χ0n) is 18.7. The van der Waals surface area contributed by atoms with Crippen molar-refractivity contribution in [1.29, 1.82) is 0 Å². The lowest BCUT2D eigenvalue weighted by atomic mass is 10.1. The van der Waals surface area contributed by atoms with Crippen molar-refractivity contribution < 1.29 is 35.9 Å². The van der Waals surface area contributed by atoms with Gasteiger partial charge in [0.15, 0.2) is 0 Å². The van der Waals surface area contributed by atoms with Crippen molar-refractivity contribution in [1.82, 2.24) is 0 Å². The maximum Gasteiger partial charge on any atom is 0.422 e. The second kappa shape index (κ2) is 10.1. The zero-order chi connectivity index (χ0) is 25.8. The highest BCUT2D eigenvalue weighted by Crippen LogP contribution is 2.32. The molecule has 0 saturated carbocycles. The van der Waals surface area contributed by atoms with E-state index in [4.69, 9.17) is 0 Å². The van der Waals surface area contributed by atoms with Crippen LogP contribution in [0.2, 0.25) is 0 Å². The number of alkyl halides is 3. The smallest absolute Gasteiger partial charge is 0.422 e. The van der Waals surface area contributed by atoms with Gasteiger partial charge < -0.3 is 10.3 Å². The molecule has 0 saturated heterocycles. The number of carbonyl (C=O) groups excluding carboxylic acids is 1. The van der Waals surface area contributed by atoms with Gasteiger partial charge in [0, 0.05) is 0 Å². The van der Waals surface area contributed by atoms with Gasteiger partial charge in [-0.3, -0.25) is 4.31 Å². The number of rotatable bonds is 7. The van der Waals surface area contributed by atoms with Crippen LogP contribution in [-0.4, -0.2) is 32.0 Å². The van der Waals surface area contributed by atoms with Gasteiger partial charge in [-0.1, -0.05) is 42.0 Å². The molecule has 7 nitrogen and oxygen atoms in total. The minimum absolute atomic E-state index is 0.0360. The fourth-order valence-electron chi connectivity index (χ4n) is 3.29. The third kappa shape index (κ3) is 5.59. The molecule has 3 aromatic rings. The normalized spacial score (nSPS) is 11.5. The number of hydrogen-bond acceptors (Lipinski definition) is 4. The van der Waals surface area contributed by atoms with Crippen molar-refractivity contribution in [2.45, 2.75) is 24.5 Å². The fraction of sp³-hybridized carbons (Fsp3) is 0.167.